The highest BCUT2D eigenvalue weighted by atomic mass is 32.1. The smallest absolute Gasteiger partial charge is 0.295 e. The Balaban J connectivity index is 1.82. The van der Waals surface area contributed by atoms with E-state index in [2.05, 4.69) is 4.98 Å². The Morgan fingerprint density at radius 3 is 2.74 bits per heavy atom. The molecule has 2 saturated heterocycles. The number of carbonyl (C=O) groups is 2. The fourth-order valence-corrected chi connectivity index (χ4v) is 4.73. The Morgan fingerprint density at radius 1 is 1.33 bits per heavy atom. The predicted molar refractivity (Wildman–Crippen MR) is 101 cm³/mol. The van der Waals surface area contributed by atoms with E-state index in [9.17, 15) is 14.7 Å². The second-order valence-electron chi connectivity index (χ2n) is 6.79. The monoisotopic (exact) mass is 384 g/mol. The van der Waals surface area contributed by atoms with Crippen LogP contribution in [-0.4, -0.2) is 45.9 Å². The lowest BCUT2D eigenvalue weighted by atomic mass is 9.98. The normalized spacial score (nSPS) is 24.7. The summed E-state index contributed by atoms with van der Waals surface area (Å²) in [5.41, 5.74) is 1.60. The van der Waals surface area contributed by atoms with Crippen molar-refractivity contribution in [1.82, 2.24) is 9.88 Å². The SMILES string of the molecule is Cc1ccsc1C1/C(=C(/O)c2ccncc2)C(=O)C(=O)N1CC1CCCO1. The molecule has 0 radical (unpaired) electrons. The molecule has 0 bridgehead atoms. The summed E-state index contributed by atoms with van der Waals surface area (Å²) in [6.07, 6.45) is 4.83. The van der Waals surface area contributed by atoms with Gasteiger partial charge in [0, 0.05) is 36.0 Å². The highest BCUT2D eigenvalue weighted by molar-refractivity contribution is 7.10. The zero-order chi connectivity index (χ0) is 19.0. The highest BCUT2D eigenvalue weighted by Gasteiger charge is 2.47. The van der Waals surface area contributed by atoms with Crippen molar-refractivity contribution in [2.75, 3.05) is 13.2 Å². The third-order valence-electron chi connectivity index (χ3n) is 5.07. The van der Waals surface area contributed by atoms with Gasteiger partial charge >= 0.3 is 0 Å². The molecule has 2 atom stereocenters. The van der Waals surface area contributed by atoms with Crippen molar-refractivity contribution < 1.29 is 19.4 Å². The van der Waals surface area contributed by atoms with Crippen LogP contribution in [0.1, 0.15) is 34.9 Å². The van der Waals surface area contributed by atoms with Gasteiger partial charge in [0.05, 0.1) is 17.7 Å². The summed E-state index contributed by atoms with van der Waals surface area (Å²) < 4.78 is 5.69. The van der Waals surface area contributed by atoms with Gasteiger partial charge in [0.15, 0.2) is 0 Å². The number of aromatic nitrogens is 1. The molecule has 140 valence electrons. The number of amides is 1. The van der Waals surface area contributed by atoms with Crippen molar-refractivity contribution in [1.29, 1.82) is 0 Å². The summed E-state index contributed by atoms with van der Waals surface area (Å²) in [7, 11) is 0. The van der Waals surface area contributed by atoms with Crippen molar-refractivity contribution >= 4 is 28.8 Å². The van der Waals surface area contributed by atoms with Crippen LogP contribution in [0.25, 0.3) is 5.76 Å². The number of likely N-dealkylation sites (tertiary alicyclic amines) is 1. The average Bonchev–Trinajstić information content (AvgIpc) is 3.39. The summed E-state index contributed by atoms with van der Waals surface area (Å²) in [5.74, 6) is -1.40. The van der Waals surface area contributed by atoms with Crippen LogP contribution in [-0.2, 0) is 14.3 Å². The Hall–Kier alpha value is -2.51. The van der Waals surface area contributed by atoms with Crippen LogP contribution in [0.2, 0.25) is 0 Å². The van der Waals surface area contributed by atoms with Gasteiger partial charge < -0.3 is 14.7 Å². The third kappa shape index (κ3) is 3.17. The first-order chi connectivity index (χ1) is 13.1. The largest absolute Gasteiger partial charge is 0.507 e. The lowest BCUT2D eigenvalue weighted by molar-refractivity contribution is -0.140. The predicted octanol–water partition coefficient (Wildman–Crippen LogP) is 3.05. The van der Waals surface area contributed by atoms with E-state index in [-0.39, 0.29) is 17.4 Å². The van der Waals surface area contributed by atoms with Gasteiger partial charge in [-0.1, -0.05) is 0 Å². The minimum Gasteiger partial charge on any atom is -0.507 e. The number of nitrogens with zero attached hydrogens (tertiary/aromatic N) is 2. The Labute approximate surface area is 161 Å². The number of aliphatic hydroxyl groups is 1. The molecule has 4 rings (SSSR count). The van der Waals surface area contributed by atoms with Gasteiger partial charge in [-0.25, -0.2) is 0 Å². The van der Waals surface area contributed by atoms with Gasteiger partial charge in [0.2, 0.25) is 0 Å². The van der Waals surface area contributed by atoms with Crippen LogP contribution in [0, 0.1) is 6.92 Å². The van der Waals surface area contributed by atoms with Gasteiger partial charge in [-0.3, -0.25) is 14.6 Å². The summed E-state index contributed by atoms with van der Waals surface area (Å²) in [6.45, 7) is 2.97. The van der Waals surface area contributed by atoms with Crippen LogP contribution < -0.4 is 0 Å². The van der Waals surface area contributed by atoms with Crippen molar-refractivity contribution in [2.45, 2.75) is 31.9 Å². The highest BCUT2D eigenvalue weighted by Crippen LogP contribution is 2.42. The quantitative estimate of drug-likeness (QED) is 0.498. The molecule has 4 heterocycles. The first kappa shape index (κ1) is 17.9. The Morgan fingerprint density at radius 2 is 2.11 bits per heavy atom. The maximum Gasteiger partial charge on any atom is 0.295 e. The summed E-state index contributed by atoms with van der Waals surface area (Å²) in [4.78, 5) is 32.1. The van der Waals surface area contributed by atoms with Crippen molar-refractivity contribution in [2.24, 2.45) is 0 Å². The van der Waals surface area contributed by atoms with E-state index in [4.69, 9.17) is 4.74 Å². The second-order valence-corrected chi connectivity index (χ2v) is 7.74. The average molecular weight is 384 g/mol. The standard InChI is InChI=1S/C20H20N2O4S/c1-12-6-10-27-19(12)16-15(17(23)13-4-7-21-8-5-13)18(24)20(25)22(16)11-14-3-2-9-26-14/h4-8,10,14,16,23H,2-3,9,11H2,1H3/b17-15-. The van der Waals surface area contributed by atoms with E-state index in [0.717, 1.165) is 23.3 Å². The summed E-state index contributed by atoms with van der Waals surface area (Å²) >= 11 is 1.48. The zero-order valence-electron chi connectivity index (χ0n) is 14.9. The molecule has 2 aliphatic rings. The maximum absolute atomic E-state index is 12.9. The van der Waals surface area contributed by atoms with E-state index in [1.807, 2.05) is 18.4 Å². The van der Waals surface area contributed by atoms with Crippen molar-refractivity contribution in [3.8, 4) is 0 Å². The fraction of sp³-hybridized carbons (Fsp3) is 0.350. The number of carbonyl (C=O) groups excluding carboxylic acids is 2. The number of hydrogen-bond donors (Lipinski definition) is 1. The van der Waals surface area contributed by atoms with E-state index >= 15 is 0 Å². The van der Waals surface area contributed by atoms with Crippen LogP contribution in [0.15, 0.2) is 41.5 Å². The number of pyridine rings is 1. The van der Waals surface area contributed by atoms with Crippen LogP contribution in [0.4, 0.5) is 0 Å². The number of hydrogen-bond acceptors (Lipinski definition) is 6. The third-order valence-corrected chi connectivity index (χ3v) is 6.14. The first-order valence-corrected chi connectivity index (χ1v) is 9.80. The lowest BCUT2D eigenvalue weighted by Gasteiger charge is -2.27. The maximum atomic E-state index is 12.9. The number of thiophene rings is 1. The number of aliphatic hydroxyl groups excluding tert-OH is 1. The number of ketones is 1. The number of Topliss-reactive ketones (excluding diaryl/α,β-unsaturated/α-hetero) is 1. The molecular formula is C20H20N2O4S. The van der Waals surface area contributed by atoms with Crippen LogP contribution in [0.3, 0.4) is 0 Å². The van der Waals surface area contributed by atoms with E-state index in [1.54, 1.807) is 29.4 Å². The topological polar surface area (TPSA) is 79.7 Å². The molecule has 1 N–H and O–H groups in total. The summed E-state index contributed by atoms with van der Waals surface area (Å²) in [5, 5.41) is 12.8. The van der Waals surface area contributed by atoms with Gasteiger partial charge in [0.1, 0.15) is 5.76 Å². The van der Waals surface area contributed by atoms with E-state index in [0.29, 0.717) is 18.7 Å². The molecule has 0 aliphatic carbocycles. The van der Waals surface area contributed by atoms with E-state index in [1.165, 1.54) is 11.3 Å². The minimum atomic E-state index is -0.653. The molecule has 6 nitrogen and oxygen atoms in total. The molecular weight excluding hydrogens is 364 g/mol. The molecule has 0 spiro atoms. The van der Waals surface area contributed by atoms with Crippen LogP contribution in [0.5, 0.6) is 0 Å². The number of aryl methyl sites for hydroxylation is 1. The molecule has 0 saturated carbocycles. The second kappa shape index (κ2) is 7.25. The van der Waals surface area contributed by atoms with Gasteiger partial charge in [-0.05, 0) is 48.9 Å². The Kier molecular flexibility index (Phi) is 4.80. The van der Waals surface area contributed by atoms with Gasteiger partial charge in [0.25, 0.3) is 11.7 Å². The van der Waals surface area contributed by atoms with Crippen molar-refractivity contribution in [3.05, 3.63) is 57.6 Å². The molecule has 27 heavy (non-hydrogen) atoms. The van der Waals surface area contributed by atoms with Gasteiger partial charge in [-0.2, -0.15) is 0 Å². The summed E-state index contributed by atoms with van der Waals surface area (Å²) in [6, 6.07) is 4.61. The van der Waals surface area contributed by atoms with Crippen LogP contribution >= 0.6 is 11.3 Å². The fourth-order valence-electron chi connectivity index (χ4n) is 3.68. The first-order valence-electron chi connectivity index (χ1n) is 8.92. The Bertz CT molecular complexity index is 900. The molecule has 2 unspecified atom stereocenters. The molecule has 7 heteroatoms. The minimum absolute atomic E-state index is 0.0769. The molecule has 1 amide bonds. The number of ether oxygens (including phenoxy) is 1. The van der Waals surface area contributed by atoms with Gasteiger partial charge in [-0.15, -0.1) is 11.3 Å². The zero-order valence-corrected chi connectivity index (χ0v) is 15.7. The molecule has 0 aromatic carbocycles. The number of rotatable bonds is 4. The molecule has 2 aliphatic heterocycles. The molecule has 2 aromatic rings. The molecule has 2 aromatic heterocycles. The van der Waals surface area contributed by atoms with Crippen molar-refractivity contribution in [3.63, 3.8) is 0 Å². The van der Waals surface area contributed by atoms with E-state index < -0.39 is 17.7 Å². The molecule has 2 fully saturated rings. The lowest BCUT2D eigenvalue weighted by Crippen LogP contribution is -2.36.